The van der Waals surface area contributed by atoms with Gasteiger partial charge < -0.3 is 10.1 Å². The van der Waals surface area contributed by atoms with Gasteiger partial charge in [0.1, 0.15) is 0 Å². The molecule has 0 unspecified atom stereocenters. The molecule has 3 amide bonds. The number of ketones is 2. The summed E-state index contributed by atoms with van der Waals surface area (Å²) in [7, 11) is 0. The van der Waals surface area contributed by atoms with Crippen molar-refractivity contribution in [2.24, 2.45) is 0 Å². The number of carbonyl (C=O) groups excluding carboxylic acids is 7. The van der Waals surface area contributed by atoms with Crippen LogP contribution in [0.3, 0.4) is 0 Å². The molecule has 2 aromatic carbocycles. The van der Waals surface area contributed by atoms with Gasteiger partial charge in [0.25, 0.3) is 0 Å². The number of esters is 2. The lowest BCUT2D eigenvalue weighted by Crippen LogP contribution is -2.31. The zero-order valence-corrected chi connectivity index (χ0v) is 20.6. The van der Waals surface area contributed by atoms with Crippen molar-refractivity contribution in [3.05, 3.63) is 58.7 Å². The number of anilines is 2. The molecule has 0 saturated carbocycles. The van der Waals surface area contributed by atoms with E-state index in [-0.39, 0.29) is 35.7 Å². The number of nitrogens with zero attached hydrogens (tertiary/aromatic N) is 1. The molecule has 2 aliphatic heterocycles. The van der Waals surface area contributed by atoms with Gasteiger partial charge >= 0.3 is 11.9 Å². The Morgan fingerprint density at radius 3 is 1.75 bits per heavy atom. The first-order valence-corrected chi connectivity index (χ1v) is 10.9. The van der Waals surface area contributed by atoms with Crippen molar-refractivity contribution in [2.75, 3.05) is 10.2 Å². The SMILES string of the molecule is CC(=O)OC(C)=O.CC(=O)c1ccc2c(c1)CC(=O)N2.CC(=O)c1ccc2c(c1)CC(=O)N2C(C)=O. The molecule has 0 spiro atoms. The van der Waals surface area contributed by atoms with Gasteiger partial charge in [-0.3, -0.25) is 38.5 Å². The Morgan fingerprint density at radius 1 is 0.750 bits per heavy atom. The minimum Gasteiger partial charge on any atom is -0.394 e. The number of fused-ring (bicyclic) bond motifs is 2. The summed E-state index contributed by atoms with van der Waals surface area (Å²) in [6.45, 7) is 6.71. The second-order valence-electron chi connectivity index (χ2n) is 8.06. The fourth-order valence-corrected chi connectivity index (χ4v) is 3.54. The standard InChI is InChI=1S/C12H11NO3.C10H9NO2.C4H6O3/c1-7(14)9-3-4-11-10(5-9)6-12(16)13(11)8(2)15;1-6(12)7-2-3-9-8(4-7)5-10(13)11-9;1-3(5)7-4(2)6/h3-5H,6H2,1-2H3;2-4H,5H2,1H3,(H,11,13);1-2H3. The van der Waals surface area contributed by atoms with Crippen LogP contribution in [0.15, 0.2) is 36.4 Å². The van der Waals surface area contributed by atoms with Crippen LogP contribution in [0, 0.1) is 0 Å². The lowest BCUT2D eigenvalue weighted by Gasteiger charge is -2.12. The lowest BCUT2D eigenvalue weighted by molar-refractivity contribution is -0.156. The number of Topliss-reactive ketones (excluding diaryl/α,β-unsaturated/α-hetero) is 2. The predicted octanol–water partition coefficient (Wildman–Crippen LogP) is 2.80. The molecule has 10 nitrogen and oxygen atoms in total. The number of rotatable bonds is 2. The van der Waals surface area contributed by atoms with Crippen LogP contribution in [0.2, 0.25) is 0 Å². The number of benzene rings is 2. The van der Waals surface area contributed by atoms with Crippen LogP contribution in [-0.2, 0) is 41.6 Å². The van der Waals surface area contributed by atoms with Gasteiger partial charge in [-0.15, -0.1) is 0 Å². The molecule has 2 aromatic rings. The summed E-state index contributed by atoms with van der Waals surface area (Å²) in [5.74, 6) is -1.67. The van der Waals surface area contributed by atoms with E-state index in [2.05, 4.69) is 10.1 Å². The van der Waals surface area contributed by atoms with Crippen molar-refractivity contribution in [2.45, 2.75) is 47.5 Å². The highest BCUT2D eigenvalue weighted by Gasteiger charge is 2.30. The second-order valence-corrected chi connectivity index (χ2v) is 8.06. The van der Waals surface area contributed by atoms with Crippen molar-refractivity contribution < 1.29 is 38.3 Å². The van der Waals surface area contributed by atoms with E-state index >= 15 is 0 Å². The zero-order valence-electron chi connectivity index (χ0n) is 20.6. The van der Waals surface area contributed by atoms with Crippen molar-refractivity contribution in [3.8, 4) is 0 Å². The van der Waals surface area contributed by atoms with Crippen LogP contribution >= 0.6 is 0 Å². The summed E-state index contributed by atoms with van der Waals surface area (Å²) >= 11 is 0. The van der Waals surface area contributed by atoms with Crippen molar-refractivity contribution >= 4 is 52.6 Å². The number of ether oxygens (including phenoxy) is 1. The molecule has 4 rings (SSSR count). The average molecular weight is 495 g/mol. The first-order valence-electron chi connectivity index (χ1n) is 10.9. The number of hydrogen-bond acceptors (Lipinski definition) is 8. The maximum Gasteiger partial charge on any atom is 0.310 e. The van der Waals surface area contributed by atoms with Crippen LogP contribution in [0.25, 0.3) is 0 Å². The number of carbonyl (C=O) groups is 7. The van der Waals surface area contributed by atoms with E-state index in [1.165, 1.54) is 34.6 Å². The smallest absolute Gasteiger partial charge is 0.310 e. The third-order valence-electron chi connectivity index (χ3n) is 5.06. The number of imide groups is 1. The molecule has 1 N–H and O–H groups in total. The predicted molar refractivity (Wildman–Crippen MR) is 130 cm³/mol. The van der Waals surface area contributed by atoms with Crippen LogP contribution in [0.4, 0.5) is 11.4 Å². The Morgan fingerprint density at radius 2 is 1.28 bits per heavy atom. The highest BCUT2D eigenvalue weighted by molar-refractivity contribution is 6.18. The molecule has 0 atom stereocenters. The van der Waals surface area contributed by atoms with Crippen LogP contribution in [-0.4, -0.2) is 41.2 Å². The third kappa shape index (κ3) is 7.26. The van der Waals surface area contributed by atoms with E-state index in [9.17, 15) is 33.6 Å². The topological polar surface area (TPSA) is 144 Å². The quantitative estimate of drug-likeness (QED) is 0.381. The number of hydrogen-bond donors (Lipinski definition) is 1. The van der Waals surface area contributed by atoms with Gasteiger partial charge in [-0.2, -0.15) is 0 Å². The summed E-state index contributed by atoms with van der Waals surface area (Å²) in [5.41, 5.74) is 4.32. The first-order chi connectivity index (χ1) is 16.8. The zero-order chi connectivity index (χ0) is 27.2. The molecule has 188 valence electrons. The molecule has 2 heterocycles. The summed E-state index contributed by atoms with van der Waals surface area (Å²) < 4.78 is 3.97. The summed E-state index contributed by atoms with van der Waals surface area (Å²) in [6, 6.07) is 10.2. The molecular weight excluding hydrogens is 468 g/mol. The Kier molecular flexibility index (Phi) is 9.09. The van der Waals surface area contributed by atoms with Gasteiger partial charge in [-0.05, 0) is 61.4 Å². The highest BCUT2D eigenvalue weighted by Crippen LogP contribution is 2.30. The molecule has 0 bridgehead atoms. The van der Waals surface area contributed by atoms with Gasteiger partial charge in [-0.25, -0.2) is 0 Å². The Labute approximate surface area is 207 Å². The minimum absolute atomic E-state index is 0.00398. The largest absolute Gasteiger partial charge is 0.394 e. The molecule has 10 heteroatoms. The van der Waals surface area contributed by atoms with Crippen LogP contribution in [0.1, 0.15) is 66.5 Å². The van der Waals surface area contributed by atoms with E-state index in [4.69, 9.17) is 0 Å². The first kappa shape index (κ1) is 27.8. The fraction of sp³-hybridized carbons (Fsp3) is 0.269. The van der Waals surface area contributed by atoms with Gasteiger partial charge in [0.05, 0.1) is 18.5 Å². The molecule has 0 aliphatic carbocycles. The van der Waals surface area contributed by atoms with Gasteiger partial charge in [0.2, 0.25) is 17.7 Å². The van der Waals surface area contributed by atoms with E-state index in [0.29, 0.717) is 23.2 Å². The van der Waals surface area contributed by atoms with Crippen molar-refractivity contribution in [3.63, 3.8) is 0 Å². The molecular formula is C26H26N2O8. The lowest BCUT2D eigenvalue weighted by atomic mass is 10.1. The van der Waals surface area contributed by atoms with Crippen LogP contribution < -0.4 is 10.2 Å². The third-order valence-corrected chi connectivity index (χ3v) is 5.06. The maximum atomic E-state index is 11.6. The Hall–Kier alpha value is -4.47. The van der Waals surface area contributed by atoms with Gasteiger partial charge in [0, 0.05) is 37.6 Å². The molecule has 0 saturated heterocycles. The number of amides is 3. The molecule has 0 radical (unpaired) electrons. The Bertz CT molecular complexity index is 1270. The Balaban J connectivity index is 0.000000205. The average Bonchev–Trinajstić information content (AvgIpc) is 3.29. The van der Waals surface area contributed by atoms with E-state index < -0.39 is 11.9 Å². The molecule has 0 fully saturated rings. The van der Waals surface area contributed by atoms with Gasteiger partial charge in [-0.1, -0.05) is 0 Å². The normalized spacial score (nSPS) is 12.6. The summed E-state index contributed by atoms with van der Waals surface area (Å²) in [4.78, 5) is 76.8. The fourth-order valence-electron chi connectivity index (χ4n) is 3.54. The van der Waals surface area contributed by atoms with Crippen molar-refractivity contribution in [1.82, 2.24) is 0 Å². The monoisotopic (exact) mass is 494 g/mol. The van der Waals surface area contributed by atoms with Crippen molar-refractivity contribution in [1.29, 1.82) is 0 Å². The molecule has 2 aliphatic rings. The molecule has 36 heavy (non-hydrogen) atoms. The summed E-state index contributed by atoms with van der Waals surface area (Å²) in [5, 5.41) is 2.71. The van der Waals surface area contributed by atoms with Gasteiger partial charge in [0.15, 0.2) is 11.6 Å². The van der Waals surface area contributed by atoms with E-state index in [1.807, 2.05) is 0 Å². The summed E-state index contributed by atoms with van der Waals surface area (Å²) in [6.07, 6.45) is 0.576. The maximum absolute atomic E-state index is 11.6. The van der Waals surface area contributed by atoms with E-state index in [1.54, 1.807) is 36.4 Å². The number of nitrogens with one attached hydrogen (secondary N) is 1. The van der Waals surface area contributed by atoms with E-state index in [0.717, 1.165) is 21.7 Å². The highest BCUT2D eigenvalue weighted by atomic mass is 16.6. The minimum atomic E-state index is -0.562. The second kappa shape index (κ2) is 11.8. The molecule has 0 aromatic heterocycles. The van der Waals surface area contributed by atoms with Crippen LogP contribution in [0.5, 0.6) is 0 Å².